The summed E-state index contributed by atoms with van der Waals surface area (Å²) in [6.45, 7) is 0.114. The first-order valence-corrected chi connectivity index (χ1v) is 8.81. The number of hydrogen-bond donors (Lipinski definition) is 1. The van der Waals surface area contributed by atoms with Gasteiger partial charge in [-0.3, -0.25) is 14.5 Å². The molecular weight excluding hydrogens is 366 g/mol. The van der Waals surface area contributed by atoms with Crippen molar-refractivity contribution in [3.63, 3.8) is 0 Å². The highest BCUT2D eigenvalue weighted by atomic mass is 35.5. The summed E-state index contributed by atoms with van der Waals surface area (Å²) < 4.78 is 5.13. The highest BCUT2D eigenvalue weighted by Gasteiger charge is 2.27. The van der Waals surface area contributed by atoms with E-state index in [0.29, 0.717) is 16.5 Å². The number of nitrogens with one attached hydrogen (secondary N) is 1. The summed E-state index contributed by atoms with van der Waals surface area (Å²) >= 11 is 6.14. The van der Waals surface area contributed by atoms with Gasteiger partial charge in [0, 0.05) is 19.8 Å². The molecule has 0 saturated carbocycles. The fraction of sp³-hybridized carbons (Fsp3) is 0.300. The number of halogens is 1. The van der Waals surface area contributed by atoms with Crippen LogP contribution in [0.4, 0.5) is 5.69 Å². The topological polar surface area (TPSA) is 61.9 Å². The Morgan fingerprint density at radius 3 is 2.33 bits per heavy atom. The third-order valence-corrected chi connectivity index (χ3v) is 4.40. The standard InChI is InChI=1S/C20H24ClN3O3/c1-23(2)18(25)13-24(3)19(14-8-6-5-7-9-14)20(26)22-15-10-11-17(27-4)16(21)12-15/h5-12,19H,13H2,1-4H3,(H,22,26). The van der Waals surface area contributed by atoms with Gasteiger partial charge in [0.1, 0.15) is 11.8 Å². The maximum atomic E-state index is 13.0. The van der Waals surface area contributed by atoms with E-state index in [0.717, 1.165) is 5.56 Å². The number of amides is 2. The Labute approximate surface area is 164 Å². The molecule has 0 aliphatic heterocycles. The van der Waals surface area contributed by atoms with Crippen molar-refractivity contribution >= 4 is 29.1 Å². The Bertz CT molecular complexity index is 796. The van der Waals surface area contributed by atoms with Crippen LogP contribution in [0.1, 0.15) is 11.6 Å². The second kappa shape index (κ2) is 9.39. The largest absolute Gasteiger partial charge is 0.495 e. The van der Waals surface area contributed by atoms with Crippen LogP contribution in [-0.2, 0) is 9.59 Å². The normalized spacial score (nSPS) is 11.8. The zero-order chi connectivity index (χ0) is 20.0. The molecule has 0 aliphatic rings. The SMILES string of the molecule is COc1ccc(NC(=O)C(c2ccccc2)N(C)CC(=O)N(C)C)cc1Cl. The molecule has 0 aromatic heterocycles. The molecule has 1 unspecified atom stereocenters. The zero-order valence-corrected chi connectivity index (χ0v) is 16.7. The van der Waals surface area contributed by atoms with Gasteiger partial charge in [0.2, 0.25) is 11.8 Å². The summed E-state index contributed by atoms with van der Waals surface area (Å²) in [5.74, 6) is 0.193. The van der Waals surface area contributed by atoms with Crippen LogP contribution >= 0.6 is 11.6 Å². The van der Waals surface area contributed by atoms with Crippen LogP contribution in [0.15, 0.2) is 48.5 Å². The smallest absolute Gasteiger partial charge is 0.246 e. The molecule has 2 rings (SSSR count). The van der Waals surface area contributed by atoms with Gasteiger partial charge in [-0.15, -0.1) is 0 Å². The second-order valence-electron chi connectivity index (χ2n) is 6.36. The van der Waals surface area contributed by atoms with E-state index in [9.17, 15) is 9.59 Å². The van der Waals surface area contributed by atoms with Crippen molar-refractivity contribution in [3.05, 3.63) is 59.1 Å². The zero-order valence-electron chi connectivity index (χ0n) is 15.9. The van der Waals surface area contributed by atoms with Gasteiger partial charge in [0.05, 0.1) is 18.7 Å². The van der Waals surface area contributed by atoms with Crippen molar-refractivity contribution < 1.29 is 14.3 Å². The van der Waals surface area contributed by atoms with Crippen molar-refractivity contribution in [3.8, 4) is 5.75 Å². The van der Waals surface area contributed by atoms with Gasteiger partial charge in [0.25, 0.3) is 0 Å². The molecule has 144 valence electrons. The molecule has 1 N–H and O–H groups in total. The lowest BCUT2D eigenvalue weighted by Gasteiger charge is -2.28. The molecule has 2 aromatic rings. The monoisotopic (exact) mass is 389 g/mol. The molecule has 1 atom stereocenters. The predicted molar refractivity (Wildman–Crippen MR) is 107 cm³/mol. The van der Waals surface area contributed by atoms with E-state index in [1.54, 1.807) is 44.2 Å². The van der Waals surface area contributed by atoms with Crippen molar-refractivity contribution in [1.82, 2.24) is 9.80 Å². The van der Waals surface area contributed by atoms with Crippen LogP contribution in [-0.4, -0.2) is 56.4 Å². The molecular formula is C20H24ClN3O3. The number of anilines is 1. The highest BCUT2D eigenvalue weighted by Crippen LogP contribution is 2.28. The molecule has 7 heteroatoms. The summed E-state index contributed by atoms with van der Waals surface area (Å²) in [7, 11) is 6.65. The van der Waals surface area contributed by atoms with Crippen LogP contribution in [0.2, 0.25) is 5.02 Å². The lowest BCUT2D eigenvalue weighted by molar-refractivity contribution is -0.131. The van der Waals surface area contributed by atoms with Crippen LogP contribution in [0.25, 0.3) is 0 Å². The minimum atomic E-state index is -0.629. The second-order valence-corrected chi connectivity index (χ2v) is 6.76. The van der Waals surface area contributed by atoms with E-state index >= 15 is 0 Å². The number of likely N-dealkylation sites (N-methyl/N-ethyl adjacent to an activating group) is 2. The van der Waals surface area contributed by atoms with Crippen molar-refractivity contribution in [2.45, 2.75) is 6.04 Å². The minimum Gasteiger partial charge on any atom is -0.495 e. The first-order chi connectivity index (χ1) is 12.8. The average Bonchev–Trinajstić information content (AvgIpc) is 2.62. The lowest BCUT2D eigenvalue weighted by Crippen LogP contribution is -2.41. The molecule has 0 saturated heterocycles. The van der Waals surface area contributed by atoms with Crippen molar-refractivity contribution in [2.24, 2.45) is 0 Å². The first kappa shape index (κ1) is 20.7. The molecule has 0 bridgehead atoms. The Kier molecular flexibility index (Phi) is 7.21. The number of carbonyl (C=O) groups excluding carboxylic acids is 2. The number of benzene rings is 2. The summed E-state index contributed by atoms with van der Waals surface area (Å²) in [4.78, 5) is 28.3. The molecule has 0 fully saturated rings. The molecule has 2 aromatic carbocycles. The van der Waals surface area contributed by atoms with E-state index in [4.69, 9.17) is 16.3 Å². The maximum absolute atomic E-state index is 13.0. The third kappa shape index (κ3) is 5.45. The molecule has 27 heavy (non-hydrogen) atoms. The van der Waals surface area contributed by atoms with Gasteiger partial charge in [-0.2, -0.15) is 0 Å². The van der Waals surface area contributed by atoms with Gasteiger partial charge in [0.15, 0.2) is 0 Å². The van der Waals surface area contributed by atoms with Crippen molar-refractivity contribution in [1.29, 1.82) is 0 Å². The average molecular weight is 390 g/mol. The Hall–Kier alpha value is -2.57. The maximum Gasteiger partial charge on any atom is 0.246 e. The van der Waals surface area contributed by atoms with Gasteiger partial charge in [-0.1, -0.05) is 41.9 Å². The first-order valence-electron chi connectivity index (χ1n) is 8.43. The Balaban J connectivity index is 2.26. The fourth-order valence-electron chi connectivity index (χ4n) is 2.64. The summed E-state index contributed by atoms with van der Waals surface area (Å²) in [6.07, 6.45) is 0. The van der Waals surface area contributed by atoms with Gasteiger partial charge in [-0.25, -0.2) is 0 Å². The van der Waals surface area contributed by atoms with E-state index in [1.165, 1.54) is 12.0 Å². The molecule has 0 heterocycles. The minimum absolute atomic E-state index is 0.0845. The predicted octanol–water partition coefficient (Wildman–Crippen LogP) is 3.05. The number of rotatable bonds is 7. The van der Waals surface area contributed by atoms with Gasteiger partial charge >= 0.3 is 0 Å². The summed E-state index contributed by atoms with van der Waals surface area (Å²) in [5.41, 5.74) is 1.35. The van der Waals surface area contributed by atoms with Crippen molar-refractivity contribution in [2.75, 3.05) is 40.1 Å². The van der Waals surface area contributed by atoms with Crippen LogP contribution < -0.4 is 10.1 Å². The molecule has 0 aliphatic carbocycles. The number of hydrogen-bond acceptors (Lipinski definition) is 4. The molecule has 2 amide bonds. The number of nitrogens with zero attached hydrogens (tertiary/aromatic N) is 2. The fourth-order valence-corrected chi connectivity index (χ4v) is 2.90. The van der Waals surface area contributed by atoms with Gasteiger partial charge < -0.3 is 15.0 Å². The number of methoxy groups -OCH3 is 1. The third-order valence-electron chi connectivity index (χ3n) is 4.11. The van der Waals surface area contributed by atoms with Crippen LogP contribution in [0.5, 0.6) is 5.75 Å². The lowest BCUT2D eigenvalue weighted by atomic mass is 10.0. The Morgan fingerprint density at radius 1 is 1.11 bits per heavy atom. The van der Waals surface area contributed by atoms with Gasteiger partial charge in [-0.05, 0) is 30.8 Å². The molecule has 0 spiro atoms. The molecule has 0 radical (unpaired) electrons. The summed E-state index contributed by atoms with van der Waals surface area (Å²) in [6, 6.07) is 13.7. The van der Waals surface area contributed by atoms with Crippen LogP contribution in [0.3, 0.4) is 0 Å². The van der Waals surface area contributed by atoms with E-state index in [1.807, 2.05) is 30.3 Å². The van der Waals surface area contributed by atoms with E-state index in [-0.39, 0.29) is 18.4 Å². The molecule has 6 nitrogen and oxygen atoms in total. The van der Waals surface area contributed by atoms with Crippen LogP contribution in [0, 0.1) is 0 Å². The Morgan fingerprint density at radius 2 is 1.78 bits per heavy atom. The number of carbonyl (C=O) groups is 2. The summed E-state index contributed by atoms with van der Waals surface area (Å²) in [5, 5.41) is 3.28. The highest BCUT2D eigenvalue weighted by molar-refractivity contribution is 6.32. The number of ether oxygens (including phenoxy) is 1. The quantitative estimate of drug-likeness (QED) is 0.790. The van der Waals surface area contributed by atoms with E-state index in [2.05, 4.69) is 5.32 Å². The van der Waals surface area contributed by atoms with E-state index < -0.39 is 6.04 Å².